The number of aliphatic imine (C=N–C) groups is 1. The van der Waals surface area contributed by atoms with Crippen LogP contribution in [0.15, 0.2) is 47.2 Å². The summed E-state index contributed by atoms with van der Waals surface area (Å²) in [4.78, 5) is 4.63. The van der Waals surface area contributed by atoms with E-state index in [9.17, 15) is 4.39 Å². The van der Waals surface area contributed by atoms with E-state index in [1.165, 1.54) is 25.0 Å². The smallest absolute Gasteiger partial charge is 0.146 e. The van der Waals surface area contributed by atoms with Crippen molar-refractivity contribution in [3.8, 4) is 0 Å². The van der Waals surface area contributed by atoms with Crippen molar-refractivity contribution in [2.24, 2.45) is 10.9 Å². The number of benzene rings is 1. The lowest BCUT2D eigenvalue weighted by Crippen LogP contribution is -2.46. The van der Waals surface area contributed by atoms with Crippen molar-refractivity contribution >= 4 is 23.0 Å². The third-order valence-corrected chi connectivity index (χ3v) is 5.04. The molecule has 23 heavy (non-hydrogen) atoms. The number of rotatable bonds is 3. The van der Waals surface area contributed by atoms with Crippen LogP contribution in [0.1, 0.15) is 32.3 Å². The zero-order valence-corrected chi connectivity index (χ0v) is 14.0. The van der Waals surface area contributed by atoms with Crippen molar-refractivity contribution in [3.05, 3.63) is 53.6 Å². The Hall–Kier alpha value is -1.65. The molecule has 0 aromatic heterocycles. The maximum atomic E-state index is 13.3. The van der Waals surface area contributed by atoms with Gasteiger partial charge in [-0.2, -0.15) is 5.01 Å². The first-order chi connectivity index (χ1) is 11.0. The quantitative estimate of drug-likeness (QED) is 0.604. The number of nitrogens with zero attached hydrogens (tertiary/aromatic N) is 3. The lowest BCUT2D eigenvalue weighted by atomic mass is 10.1. The molecule has 1 aromatic rings. The van der Waals surface area contributed by atoms with Gasteiger partial charge < -0.3 is 0 Å². The molecule has 1 aromatic carbocycles. The number of hydrazine groups is 1. The van der Waals surface area contributed by atoms with E-state index in [0.29, 0.717) is 12.0 Å². The van der Waals surface area contributed by atoms with E-state index in [0.717, 1.165) is 22.8 Å². The Balaban J connectivity index is 1.75. The standard InChI is InChI=1S/C18H19ClFN3/c1-11-9-16(14-5-7-15(20)8-6-14)23-18(21-11)10-17(19)22(23)12(2)13-3-4-13/h5-10,12-13,17H,3-4H2,1-2H3/t12?,17-/m1/s1. The normalized spacial score (nSPS) is 25.7. The number of fused-ring (bicyclic) bond motifs is 1. The first kappa shape index (κ1) is 14.9. The van der Waals surface area contributed by atoms with Crippen molar-refractivity contribution in [3.63, 3.8) is 0 Å². The lowest BCUT2D eigenvalue weighted by molar-refractivity contribution is 0.0328. The largest absolute Gasteiger partial charge is 0.255 e. The number of alkyl halides is 1. The molecule has 0 saturated heterocycles. The molecule has 3 aliphatic rings. The lowest BCUT2D eigenvalue weighted by Gasteiger charge is -2.40. The van der Waals surface area contributed by atoms with Gasteiger partial charge in [0.25, 0.3) is 0 Å². The molecule has 2 atom stereocenters. The van der Waals surface area contributed by atoms with E-state index in [1.54, 1.807) is 12.1 Å². The second-order valence-corrected chi connectivity index (χ2v) is 6.90. The van der Waals surface area contributed by atoms with Gasteiger partial charge in [-0.25, -0.2) is 9.38 Å². The summed E-state index contributed by atoms with van der Waals surface area (Å²) in [5.41, 5.74) is 2.68. The summed E-state index contributed by atoms with van der Waals surface area (Å²) in [6.07, 6.45) is 6.53. The van der Waals surface area contributed by atoms with Gasteiger partial charge >= 0.3 is 0 Å². The van der Waals surface area contributed by atoms with Crippen LogP contribution in [0.4, 0.5) is 4.39 Å². The maximum Gasteiger partial charge on any atom is 0.146 e. The first-order valence-corrected chi connectivity index (χ1v) is 8.45. The molecule has 0 amide bonds. The van der Waals surface area contributed by atoms with Crippen molar-refractivity contribution in [2.75, 3.05) is 0 Å². The molecule has 3 nitrogen and oxygen atoms in total. The fraction of sp³-hybridized carbons (Fsp3) is 0.389. The Morgan fingerprint density at radius 2 is 1.96 bits per heavy atom. The van der Waals surface area contributed by atoms with E-state index < -0.39 is 0 Å². The molecule has 1 unspecified atom stereocenters. The van der Waals surface area contributed by atoms with Gasteiger partial charge in [0.2, 0.25) is 0 Å². The summed E-state index contributed by atoms with van der Waals surface area (Å²) in [6.45, 7) is 4.19. The van der Waals surface area contributed by atoms with E-state index in [-0.39, 0.29) is 11.3 Å². The van der Waals surface area contributed by atoms with Crippen molar-refractivity contribution < 1.29 is 4.39 Å². The SMILES string of the molecule is CC1=NC2=C[C@H](Cl)N(C(C)C3CC3)N2C(c2ccc(F)cc2)=C1. The Bertz CT molecular complexity index is 718. The summed E-state index contributed by atoms with van der Waals surface area (Å²) < 4.78 is 13.3. The predicted octanol–water partition coefficient (Wildman–Crippen LogP) is 4.38. The van der Waals surface area contributed by atoms with Gasteiger partial charge in [-0.3, -0.25) is 5.01 Å². The first-order valence-electron chi connectivity index (χ1n) is 8.02. The molecule has 0 spiro atoms. The minimum absolute atomic E-state index is 0.209. The van der Waals surface area contributed by atoms with Gasteiger partial charge in [0.15, 0.2) is 0 Å². The average Bonchev–Trinajstić information content (AvgIpc) is 3.30. The molecule has 120 valence electrons. The van der Waals surface area contributed by atoms with Gasteiger partial charge in [0.1, 0.15) is 17.1 Å². The Labute approximate surface area is 140 Å². The van der Waals surface area contributed by atoms with Crippen molar-refractivity contribution in [2.45, 2.75) is 38.2 Å². The molecule has 5 heteroatoms. The fourth-order valence-electron chi connectivity index (χ4n) is 3.33. The van der Waals surface area contributed by atoms with Crippen LogP contribution in [0.3, 0.4) is 0 Å². The van der Waals surface area contributed by atoms with Crippen LogP contribution in [0.2, 0.25) is 0 Å². The summed E-state index contributed by atoms with van der Waals surface area (Å²) in [5.74, 6) is 1.31. The zero-order chi connectivity index (χ0) is 16.1. The van der Waals surface area contributed by atoms with E-state index in [2.05, 4.69) is 21.9 Å². The summed E-state index contributed by atoms with van der Waals surface area (Å²) in [5, 5.41) is 4.29. The molecule has 4 rings (SSSR count). The van der Waals surface area contributed by atoms with Crippen LogP contribution in [0.25, 0.3) is 5.70 Å². The molecule has 0 bridgehead atoms. The Kier molecular flexibility index (Phi) is 3.54. The molecule has 2 aliphatic heterocycles. The van der Waals surface area contributed by atoms with Crippen molar-refractivity contribution in [1.29, 1.82) is 0 Å². The van der Waals surface area contributed by atoms with E-state index in [4.69, 9.17) is 11.6 Å². The number of hydrogen-bond acceptors (Lipinski definition) is 3. The zero-order valence-electron chi connectivity index (χ0n) is 13.2. The summed E-state index contributed by atoms with van der Waals surface area (Å²) in [6, 6.07) is 6.94. The van der Waals surface area contributed by atoms with Gasteiger partial charge in [-0.05, 0) is 74.6 Å². The molecular formula is C18H19ClFN3. The molecule has 0 radical (unpaired) electrons. The molecule has 1 saturated carbocycles. The highest BCUT2D eigenvalue weighted by atomic mass is 35.5. The molecule has 1 aliphatic carbocycles. The third-order valence-electron chi connectivity index (χ3n) is 4.71. The summed E-state index contributed by atoms with van der Waals surface area (Å²) >= 11 is 6.60. The Morgan fingerprint density at radius 1 is 1.26 bits per heavy atom. The predicted molar refractivity (Wildman–Crippen MR) is 91.1 cm³/mol. The third kappa shape index (κ3) is 2.60. The summed E-state index contributed by atoms with van der Waals surface area (Å²) in [7, 11) is 0. The monoisotopic (exact) mass is 331 g/mol. The highest BCUT2D eigenvalue weighted by molar-refractivity contribution is 6.21. The van der Waals surface area contributed by atoms with Crippen LogP contribution in [-0.4, -0.2) is 27.3 Å². The van der Waals surface area contributed by atoms with Gasteiger partial charge in [-0.1, -0.05) is 11.6 Å². The van der Waals surface area contributed by atoms with E-state index >= 15 is 0 Å². The van der Waals surface area contributed by atoms with Crippen LogP contribution in [0.5, 0.6) is 0 Å². The van der Waals surface area contributed by atoms with Gasteiger partial charge in [-0.15, -0.1) is 0 Å². The average molecular weight is 332 g/mol. The van der Waals surface area contributed by atoms with E-state index in [1.807, 2.05) is 19.1 Å². The highest BCUT2D eigenvalue weighted by Crippen LogP contribution is 2.43. The minimum Gasteiger partial charge on any atom is -0.255 e. The minimum atomic E-state index is -0.230. The van der Waals surface area contributed by atoms with Gasteiger partial charge in [0.05, 0.1) is 5.70 Å². The molecule has 1 fully saturated rings. The second-order valence-electron chi connectivity index (χ2n) is 6.46. The Morgan fingerprint density at radius 3 is 2.61 bits per heavy atom. The molecular weight excluding hydrogens is 313 g/mol. The molecule has 2 heterocycles. The maximum absolute atomic E-state index is 13.3. The van der Waals surface area contributed by atoms with Crippen molar-refractivity contribution in [1.82, 2.24) is 10.0 Å². The van der Waals surface area contributed by atoms with Crippen LogP contribution in [0, 0.1) is 11.7 Å². The van der Waals surface area contributed by atoms with Crippen LogP contribution >= 0.6 is 11.6 Å². The number of allylic oxidation sites excluding steroid dienone is 1. The second kappa shape index (κ2) is 5.46. The number of halogens is 2. The highest BCUT2D eigenvalue weighted by Gasteiger charge is 2.43. The van der Waals surface area contributed by atoms with Crippen LogP contribution < -0.4 is 0 Å². The van der Waals surface area contributed by atoms with Crippen LogP contribution in [-0.2, 0) is 0 Å². The molecule has 0 N–H and O–H groups in total. The fourth-order valence-corrected chi connectivity index (χ4v) is 3.71. The van der Waals surface area contributed by atoms with Gasteiger partial charge in [0, 0.05) is 11.8 Å². The number of hydrogen-bond donors (Lipinski definition) is 0. The topological polar surface area (TPSA) is 18.8 Å².